The van der Waals surface area contributed by atoms with Crippen molar-refractivity contribution < 1.29 is 5.48 Å². The third-order valence-electron chi connectivity index (χ3n) is 1.48. The molecule has 66 valence electrons. The maximum atomic E-state index is 2.31. The van der Waals surface area contributed by atoms with Gasteiger partial charge in [0.1, 0.15) is 0 Å². The van der Waals surface area contributed by atoms with Crippen LogP contribution in [-0.4, -0.2) is 5.48 Å². The first-order valence-electron chi connectivity index (χ1n) is 4.31. The van der Waals surface area contributed by atoms with Gasteiger partial charge in [-0.05, 0) is 5.92 Å². The number of hydrogen-bond acceptors (Lipinski definition) is 0. The highest BCUT2D eigenvalue weighted by Crippen LogP contribution is 2.07. The van der Waals surface area contributed by atoms with E-state index in [4.69, 9.17) is 0 Å². The van der Waals surface area contributed by atoms with Crippen LogP contribution in [0.5, 0.6) is 0 Å². The lowest BCUT2D eigenvalue weighted by Crippen LogP contribution is -1.88. The summed E-state index contributed by atoms with van der Waals surface area (Å²) in [4.78, 5) is 0. The molecule has 0 heterocycles. The molecule has 1 unspecified atom stereocenters. The lowest BCUT2D eigenvalue weighted by atomic mass is 10.0. The third kappa shape index (κ3) is 15.7. The van der Waals surface area contributed by atoms with Crippen LogP contribution in [0.25, 0.3) is 0 Å². The van der Waals surface area contributed by atoms with Gasteiger partial charge in [0, 0.05) is 0 Å². The first-order chi connectivity index (χ1) is 4.31. The standard InChI is InChI=1S/C7H16.C2H6.H2O/c1-4-6-7(3)5-2;1-2;/h7H,4-6H2,1-3H3;1-2H3;1H2. The van der Waals surface area contributed by atoms with E-state index in [1.54, 1.807) is 0 Å². The van der Waals surface area contributed by atoms with Crippen LogP contribution in [0.15, 0.2) is 0 Å². The zero-order valence-electron chi connectivity index (χ0n) is 8.20. The molecule has 10 heavy (non-hydrogen) atoms. The van der Waals surface area contributed by atoms with Crippen molar-refractivity contribution in [1.29, 1.82) is 0 Å². The molecule has 0 aliphatic carbocycles. The Morgan fingerprint density at radius 1 is 1.10 bits per heavy atom. The number of hydrogen-bond donors (Lipinski definition) is 0. The second kappa shape index (κ2) is 16.0. The lowest BCUT2D eigenvalue weighted by Gasteiger charge is -2.02. The van der Waals surface area contributed by atoms with E-state index in [0.717, 1.165) is 5.92 Å². The normalized spacial score (nSPS) is 10.5. The van der Waals surface area contributed by atoms with Gasteiger partial charge in [0.15, 0.2) is 0 Å². The average Bonchev–Trinajstić information content (AvgIpc) is 1.93. The molecule has 0 aliphatic rings. The Morgan fingerprint density at radius 2 is 1.50 bits per heavy atom. The molecule has 0 aliphatic heterocycles. The summed E-state index contributed by atoms with van der Waals surface area (Å²) in [6, 6.07) is 0. The predicted molar refractivity (Wildman–Crippen MR) is 49.3 cm³/mol. The average molecular weight is 148 g/mol. The van der Waals surface area contributed by atoms with Crippen LogP contribution in [0, 0.1) is 5.92 Å². The highest BCUT2D eigenvalue weighted by Gasteiger charge is 1.92. The minimum atomic E-state index is 0. The van der Waals surface area contributed by atoms with Crippen molar-refractivity contribution in [2.45, 2.75) is 53.9 Å². The van der Waals surface area contributed by atoms with E-state index in [9.17, 15) is 0 Å². The van der Waals surface area contributed by atoms with Crippen molar-refractivity contribution >= 4 is 0 Å². The molecule has 0 aromatic heterocycles. The van der Waals surface area contributed by atoms with Crippen molar-refractivity contribution in [3.8, 4) is 0 Å². The predicted octanol–water partition coefficient (Wildman–Crippen LogP) is 3.03. The van der Waals surface area contributed by atoms with Gasteiger partial charge in [-0.1, -0.05) is 53.9 Å². The van der Waals surface area contributed by atoms with Crippen molar-refractivity contribution in [3.05, 3.63) is 0 Å². The molecule has 0 bridgehead atoms. The van der Waals surface area contributed by atoms with E-state index in [-0.39, 0.29) is 5.48 Å². The first-order valence-corrected chi connectivity index (χ1v) is 4.31. The van der Waals surface area contributed by atoms with Gasteiger partial charge in [-0.15, -0.1) is 0 Å². The van der Waals surface area contributed by atoms with Gasteiger partial charge in [0.05, 0.1) is 0 Å². The van der Waals surface area contributed by atoms with Crippen LogP contribution in [-0.2, 0) is 0 Å². The molecule has 0 amide bonds. The Morgan fingerprint density at radius 3 is 1.60 bits per heavy atom. The van der Waals surface area contributed by atoms with E-state index in [1.807, 2.05) is 13.8 Å². The fraction of sp³-hybridized carbons (Fsp3) is 1.00. The molecule has 0 radical (unpaired) electrons. The SMILES string of the molecule is CC.CCCC(C)CC.O. The smallest absolute Gasteiger partial charge is 0.0446 e. The number of rotatable bonds is 3. The quantitative estimate of drug-likeness (QED) is 0.589. The second-order valence-electron chi connectivity index (χ2n) is 2.30. The van der Waals surface area contributed by atoms with Crippen LogP contribution >= 0.6 is 0 Å². The monoisotopic (exact) mass is 148 g/mol. The Kier molecular flexibility index (Phi) is 26.4. The van der Waals surface area contributed by atoms with Crippen LogP contribution in [0.4, 0.5) is 0 Å². The van der Waals surface area contributed by atoms with E-state index < -0.39 is 0 Å². The first kappa shape index (κ1) is 16.5. The Labute approximate surface area is 66.1 Å². The van der Waals surface area contributed by atoms with Gasteiger partial charge in [-0.3, -0.25) is 0 Å². The largest absolute Gasteiger partial charge is 0.412 e. The van der Waals surface area contributed by atoms with Crippen LogP contribution in [0.1, 0.15) is 53.9 Å². The van der Waals surface area contributed by atoms with Crippen molar-refractivity contribution in [2.75, 3.05) is 0 Å². The third-order valence-corrected chi connectivity index (χ3v) is 1.48. The Balaban J connectivity index is -0.000000149. The summed E-state index contributed by atoms with van der Waals surface area (Å²) < 4.78 is 0. The molecule has 1 heteroatoms. The van der Waals surface area contributed by atoms with Gasteiger partial charge >= 0.3 is 0 Å². The summed E-state index contributed by atoms with van der Waals surface area (Å²) in [5, 5.41) is 0. The summed E-state index contributed by atoms with van der Waals surface area (Å²) in [5.74, 6) is 0.949. The summed E-state index contributed by atoms with van der Waals surface area (Å²) >= 11 is 0. The van der Waals surface area contributed by atoms with Crippen LogP contribution in [0.2, 0.25) is 0 Å². The van der Waals surface area contributed by atoms with Gasteiger partial charge < -0.3 is 5.48 Å². The van der Waals surface area contributed by atoms with Crippen LogP contribution < -0.4 is 0 Å². The van der Waals surface area contributed by atoms with Crippen molar-refractivity contribution in [2.24, 2.45) is 5.92 Å². The van der Waals surface area contributed by atoms with Gasteiger partial charge in [0.2, 0.25) is 0 Å². The molecule has 0 saturated heterocycles. The highest BCUT2D eigenvalue weighted by atomic mass is 16.0. The van der Waals surface area contributed by atoms with Gasteiger partial charge in [-0.2, -0.15) is 0 Å². The maximum Gasteiger partial charge on any atom is -0.0446 e. The molecular formula is C9H24O. The molecule has 0 fully saturated rings. The summed E-state index contributed by atoms with van der Waals surface area (Å²) in [6.07, 6.45) is 4.08. The molecule has 0 spiro atoms. The molecule has 0 aromatic carbocycles. The summed E-state index contributed by atoms with van der Waals surface area (Å²) in [7, 11) is 0. The van der Waals surface area contributed by atoms with Gasteiger partial charge in [-0.25, -0.2) is 0 Å². The van der Waals surface area contributed by atoms with E-state index in [2.05, 4.69) is 20.8 Å². The fourth-order valence-electron chi connectivity index (χ4n) is 0.697. The van der Waals surface area contributed by atoms with Crippen LogP contribution in [0.3, 0.4) is 0 Å². The molecule has 1 nitrogen and oxygen atoms in total. The van der Waals surface area contributed by atoms with E-state index in [1.165, 1.54) is 19.3 Å². The van der Waals surface area contributed by atoms with E-state index >= 15 is 0 Å². The van der Waals surface area contributed by atoms with Gasteiger partial charge in [0.25, 0.3) is 0 Å². The highest BCUT2D eigenvalue weighted by molar-refractivity contribution is 4.45. The van der Waals surface area contributed by atoms with Crippen molar-refractivity contribution in [1.82, 2.24) is 0 Å². The summed E-state index contributed by atoms with van der Waals surface area (Å²) in [5.41, 5.74) is 0. The molecular weight excluding hydrogens is 124 g/mol. The minimum absolute atomic E-state index is 0. The Bertz CT molecular complexity index is 35.7. The molecule has 0 rings (SSSR count). The maximum absolute atomic E-state index is 2.31. The fourth-order valence-corrected chi connectivity index (χ4v) is 0.697. The topological polar surface area (TPSA) is 31.5 Å². The summed E-state index contributed by atoms with van der Waals surface area (Å²) in [6.45, 7) is 10.8. The molecule has 0 saturated carbocycles. The molecule has 1 atom stereocenters. The zero-order chi connectivity index (χ0) is 7.70. The molecule has 0 aromatic rings. The van der Waals surface area contributed by atoms with E-state index in [0.29, 0.717) is 0 Å². The minimum Gasteiger partial charge on any atom is -0.412 e. The lowest BCUT2D eigenvalue weighted by molar-refractivity contribution is 0.509. The second-order valence-corrected chi connectivity index (χ2v) is 2.30. The zero-order valence-corrected chi connectivity index (χ0v) is 8.20. The Hall–Kier alpha value is -0.0400. The van der Waals surface area contributed by atoms with Crippen molar-refractivity contribution in [3.63, 3.8) is 0 Å². The molecule has 2 N–H and O–H groups in total.